The highest BCUT2D eigenvalue weighted by Gasteiger charge is 2.16. The summed E-state index contributed by atoms with van der Waals surface area (Å²) in [7, 11) is 0. The van der Waals surface area contributed by atoms with Crippen LogP contribution < -0.4 is 16.0 Å². The lowest BCUT2D eigenvalue weighted by atomic mass is 10.2. The highest BCUT2D eigenvalue weighted by atomic mass is 16.5. The van der Waals surface area contributed by atoms with Crippen LogP contribution in [0.2, 0.25) is 0 Å². The number of hydrogen-bond donors (Lipinski definition) is 2. The Hall–Kier alpha value is -3.61. The van der Waals surface area contributed by atoms with E-state index in [1.54, 1.807) is 31.2 Å². The second kappa shape index (κ2) is 8.85. The maximum Gasteiger partial charge on any atom is 0.338 e. The minimum atomic E-state index is -0.348. The van der Waals surface area contributed by atoms with Crippen molar-refractivity contribution < 1.29 is 9.53 Å². The fourth-order valence-corrected chi connectivity index (χ4v) is 2.80. The van der Waals surface area contributed by atoms with E-state index in [1.165, 1.54) is 6.33 Å². The van der Waals surface area contributed by atoms with Crippen LogP contribution >= 0.6 is 0 Å². The lowest BCUT2D eigenvalue weighted by Gasteiger charge is -2.24. The molecule has 0 unspecified atom stereocenters. The summed E-state index contributed by atoms with van der Waals surface area (Å²) >= 11 is 0. The molecule has 7 nitrogen and oxygen atoms in total. The zero-order chi connectivity index (χ0) is 19.9. The van der Waals surface area contributed by atoms with Crippen molar-refractivity contribution in [2.75, 3.05) is 29.1 Å². The molecule has 144 valence electrons. The van der Waals surface area contributed by atoms with Gasteiger partial charge >= 0.3 is 5.97 Å². The number of ether oxygens (including phenoxy) is 1. The summed E-state index contributed by atoms with van der Waals surface area (Å²) in [4.78, 5) is 22.4. The van der Waals surface area contributed by atoms with Gasteiger partial charge in [-0.1, -0.05) is 18.2 Å². The van der Waals surface area contributed by atoms with Crippen LogP contribution in [0, 0.1) is 0 Å². The van der Waals surface area contributed by atoms with Crippen LogP contribution in [0.25, 0.3) is 0 Å². The number of rotatable bonds is 7. The van der Waals surface area contributed by atoms with Crippen LogP contribution in [0.15, 0.2) is 60.9 Å². The van der Waals surface area contributed by atoms with Crippen molar-refractivity contribution in [3.8, 4) is 0 Å². The molecule has 0 saturated carbocycles. The van der Waals surface area contributed by atoms with Gasteiger partial charge in [0, 0.05) is 17.9 Å². The number of anilines is 5. The van der Waals surface area contributed by atoms with Gasteiger partial charge in [-0.05, 0) is 50.2 Å². The fourth-order valence-electron chi connectivity index (χ4n) is 2.80. The van der Waals surface area contributed by atoms with E-state index in [2.05, 4.69) is 15.3 Å². The van der Waals surface area contributed by atoms with Gasteiger partial charge in [0.1, 0.15) is 12.0 Å². The number of nitrogen functional groups attached to an aromatic ring is 1. The van der Waals surface area contributed by atoms with Crippen molar-refractivity contribution in [1.29, 1.82) is 0 Å². The number of nitrogens with one attached hydrogen (secondary N) is 1. The maximum absolute atomic E-state index is 11.8. The van der Waals surface area contributed by atoms with Crippen molar-refractivity contribution in [3.05, 3.63) is 66.5 Å². The van der Waals surface area contributed by atoms with Gasteiger partial charge in [-0.2, -0.15) is 0 Å². The van der Waals surface area contributed by atoms with Crippen LogP contribution in [-0.4, -0.2) is 29.1 Å². The molecule has 3 rings (SSSR count). The molecule has 0 amide bonds. The van der Waals surface area contributed by atoms with Crippen molar-refractivity contribution in [3.63, 3.8) is 0 Å². The Morgan fingerprint density at radius 2 is 1.79 bits per heavy atom. The van der Waals surface area contributed by atoms with Crippen molar-refractivity contribution in [2.24, 2.45) is 0 Å². The molecular formula is C21H23N5O2. The lowest BCUT2D eigenvalue weighted by molar-refractivity contribution is 0.0526. The number of benzene rings is 2. The van der Waals surface area contributed by atoms with E-state index in [-0.39, 0.29) is 5.97 Å². The zero-order valence-electron chi connectivity index (χ0n) is 15.9. The van der Waals surface area contributed by atoms with Gasteiger partial charge in [-0.15, -0.1) is 0 Å². The maximum atomic E-state index is 11.8. The Balaban J connectivity index is 1.84. The fraction of sp³-hybridized carbons (Fsp3) is 0.190. The van der Waals surface area contributed by atoms with E-state index in [1.807, 2.05) is 42.2 Å². The SMILES string of the molecule is CCOC(=O)c1ccc(Nc2ncnc(N(CC)c3ccccc3)c2N)cc1. The molecule has 1 aromatic heterocycles. The van der Waals surface area contributed by atoms with Gasteiger partial charge in [0.15, 0.2) is 11.6 Å². The summed E-state index contributed by atoms with van der Waals surface area (Å²) in [5, 5.41) is 3.19. The lowest BCUT2D eigenvalue weighted by Crippen LogP contribution is -2.19. The number of nitrogens with two attached hydrogens (primary N) is 1. The van der Waals surface area contributed by atoms with Gasteiger partial charge < -0.3 is 20.7 Å². The zero-order valence-corrected chi connectivity index (χ0v) is 15.9. The van der Waals surface area contributed by atoms with Crippen LogP contribution in [0.5, 0.6) is 0 Å². The van der Waals surface area contributed by atoms with Crippen LogP contribution in [0.4, 0.5) is 28.7 Å². The molecule has 0 fully saturated rings. The average molecular weight is 377 g/mol. The first kappa shape index (κ1) is 19.2. The van der Waals surface area contributed by atoms with Gasteiger partial charge in [0.05, 0.1) is 12.2 Å². The summed E-state index contributed by atoms with van der Waals surface area (Å²) in [6.45, 7) is 4.86. The van der Waals surface area contributed by atoms with Crippen LogP contribution in [-0.2, 0) is 4.74 Å². The second-order valence-corrected chi connectivity index (χ2v) is 5.96. The van der Waals surface area contributed by atoms with Crippen LogP contribution in [0.3, 0.4) is 0 Å². The van der Waals surface area contributed by atoms with E-state index in [4.69, 9.17) is 10.5 Å². The third-order valence-corrected chi connectivity index (χ3v) is 4.16. The van der Waals surface area contributed by atoms with Crippen molar-refractivity contribution >= 4 is 34.7 Å². The molecule has 2 aromatic carbocycles. The smallest absolute Gasteiger partial charge is 0.338 e. The normalized spacial score (nSPS) is 10.4. The third kappa shape index (κ3) is 4.20. The van der Waals surface area contributed by atoms with E-state index in [9.17, 15) is 4.79 Å². The molecule has 0 aliphatic heterocycles. The first-order valence-corrected chi connectivity index (χ1v) is 9.11. The van der Waals surface area contributed by atoms with E-state index < -0.39 is 0 Å². The predicted octanol–water partition coefficient (Wildman–Crippen LogP) is 4.14. The van der Waals surface area contributed by atoms with E-state index in [0.29, 0.717) is 36.0 Å². The minimum Gasteiger partial charge on any atom is -0.462 e. The Labute approximate surface area is 164 Å². The highest BCUT2D eigenvalue weighted by Crippen LogP contribution is 2.32. The first-order valence-electron chi connectivity index (χ1n) is 9.11. The standard InChI is InChI=1S/C21H23N5O2/c1-3-26(17-8-6-5-7-9-17)20-18(22)19(23-14-24-20)25-16-12-10-15(11-13-16)21(27)28-4-2/h5-14H,3-4,22H2,1-2H3,(H,23,24,25). The number of carbonyl (C=O) groups is 1. The van der Waals surface area contributed by atoms with Gasteiger partial charge in [-0.3, -0.25) is 0 Å². The molecular weight excluding hydrogens is 354 g/mol. The monoisotopic (exact) mass is 377 g/mol. The summed E-state index contributed by atoms with van der Waals surface area (Å²) < 4.78 is 5.00. The molecule has 0 aliphatic rings. The average Bonchev–Trinajstić information content (AvgIpc) is 2.73. The van der Waals surface area contributed by atoms with Gasteiger partial charge in [-0.25, -0.2) is 14.8 Å². The number of aromatic nitrogens is 2. The number of para-hydroxylation sites is 1. The molecule has 0 radical (unpaired) electrons. The molecule has 3 N–H and O–H groups in total. The number of esters is 1. The summed E-state index contributed by atoms with van der Waals surface area (Å²) in [6.07, 6.45) is 1.48. The van der Waals surface area contributed by atoms with Crippen molar-refractivity contribution in [2.45, 2.75) is 13.8 Å². The van der Waals surface area contributed by atoms with Crippen molar-refractivity contribution in [1.82, 2.24) is 9.97 Å². The molecule has 0 atom stereocenters. The molecule has 7 heteroatoms. The molecule has 3 aromatic rings. The Bertz CT molecular complexity index is 929. The number of hydrogen-bond acceptors (Lipinski definition) is 7. The molecule has 0 bridgehead atoms. The van der Waals surface area contributed by atoms with Gasteiger partial charge in [0.25, 0.3) is 0 Å². The largest absolute Gasteiger partial charge is 0.462 e. The molecule has 0 saturated heterocycles. The third-order valence-electron chi connectivity index (χ3n) is 4.16. The predicted molar refractivity (Wildman–Crippen MR) is 111 cm³/mol. The molecule has 1 heterocycles. The van der Waals surface area contributed by atoms with E-state index >= 15 is 0 Å². The molecule has 0 spiro atoms. The Kier molecular flexibility index (Phi) is 6.06. The Morgan fingerprint density at radius 3 is 2.43 bits per heavy atom. The first-order chi connectivity index (χ1) is 13.6. The summed E-state index contributed by atoms with van der Waals surface area (Å²) in [5.41, 5.74) is 9.05. The molecule has 0 aliphatic carbocycles. The van der Waals surface area contributed by atoms with E-state index in [0.717, 1.165) is 11.4 Å². The van der Waals surface area contributed by atoms with Crippen LogP contribution in [0.1, 0.15) is 24.2 Å². The molecule has 28 heavy (non-hydrogen) atoms. The Morgan fingerprint density at radius 1 is 1.07 bits per heavy atom. The highest BCUT2D eigenvalue weighted by molar-refractivity contribution is 5.90. The van der Waals surface area contributed by atoms with Gasteiger partial charge in [0.2, 0.25) is 0 Å². The second-order valence-electron chi connectivity index (χ2n) is 5.96. The summed E-state index contributed by atoms with van der Waals surface area (Å²) in [6, 6.07) is 16.9. The quantitative estimate of drug-likeness (QED) is 0.598. The number of nitrogens with zero attached hydrogens (tertiary/aromatic N) is 3. The minimum absolute atomic E-state index is 0.342. The number of carbonyl (C=O) groups excluding carboxylic acids is 1. The topological polar surface area (TPSA) is 93.4 Å². The summed E-state index contributed by atoms with van der Waals surface area (Å²) in [5.74, 6) is 0.789.